The third kappa shape index (κ3) is 4.10. The summed E-state index contributed by atoms with van der Waals surface area (Å²) in [7, 11) is 1.54. The number of carbonyl (C=O) groups is 1. The summed E-state index contributed by atoms with van der Waals surface area (Å²) in [6.07, 6.45) is 1.43. The Labute approximate surface area is 162 Å². The standard InChI is InChI=1S/C20H21N5O3/c1-20(2,3)12-23-25(17-8-9-22-16(11-21)24-17)19(26)15-10-13-6-5-7-14(27-4)18(13)28-15/h5-10,23H,12H2,1-4H3. The molecule has 0 saturated heterocycles. The van der Waals surface area contributed by atoms with Gasteiger partial charge in [-0.2, -0.15) is 10.2 Å². The molecule has 8 heteroatoms. The van der Waals surface area contributed by atoms with E-state index >= 15 is 0 Å². The first-order valence-electron chi connectivity index (χ1n) is 8.70. The predicted molar refractivity (Wildman–Crippen MR) is 104 cm³/mol. The molecule has 8 nitrogen and oxygen atoms in total. The number of hydrogen-bond donors (Lipinski definition) is 1. The summed E-state index contributed by atoms with van der Waals surface area (Å²) in [5.74, 6) is 0.454. The molecule has 2 heterocycles. The number of hydrogen-bond acceptors (Lipinski definition) is 7. The number of nitrogens with one attached hydrogen (secondary N) is 1. The molecular weight excluding hydrogens is 358 g/mol. The maximum atomic E-state index is 13.2. The summed E-state index contributed by atoms with van der Waals surface area (Å²) < 4.78 is 11.1. The highest BCUT2D eigenvalue weighted by Crippen LogP contribution is 2.29. The number of benzene rings is 1. The zero-order valence-corrected chi connectivity index (χ0v) is 16.2. The smallest absolute Gasteiger partial charge is 0.309 e. The molecule has 2 aromatic heterocycles. The second kappa shape index (κ2) is 7.66. The van der Waals surface area contributed by atoms with Gasteiger partial charge in [-0.25, -0.2) is 15.4 Å². The highest BCUT2D eigenvalue weighted by Gasteiger charge is 2.25. The Kier molecular flexibility index (Phi) is 5.29. The first-order chi connectivity index (χ1) is 13.3. The molecule has 0 radical (unpaired) electrons. The normalized spacial score (nSPS) is 11.2. The highest BCUT2D eigenvalue weighted by atomic mass is 16.5. The van der Waals surface area contributed by atoms with Crippen molar-refractivity contribution in [2.45, 2.75) is 20.8 Å². The van der Waals surface area contributed by atoms with Gasteiger partial charge in [0.2, 0.25) is 5.82 Å². The molecule has 0 aliphatic heterocycles. The molecule has 1 N–H and O–H groups in total. The van der Waals surface area contributed by atoms with E-state index in [4.69, 9.17) is 14.4 Å². The fourth-order valence-electron chi connectivity index (χ4n) is 2.51. The van der Waals surface area contributed by atoms with E-state index in [9.17, 15) is 4.79 Å². The molecule has 0 unspecified atom stereocenters. The average Bonchev–Trinajstić information content (AvgIpc) is 3.11. The molecule has 0 saturated carbocycles. The molecule has 1 aromatic carbocycles. The molecular formula is C20H21N5O3. The van der Waals surface area contributed by atoms with E-state index in [1.807, 2.05) is 39.0 Å². The van der Waals surface area contributed by atoms with Crippen LogP contribution in [-0.2, 0) is 0 Å². The summed E-state index contributed by atoms with van der Waals surface area (Å²) in [5.41, 5.74) is 3.49. The van der Waals surface area contributed by atoms with Crippen molar-refractivity contribution < 1.29 is 13.9 Å². The van der Waals surface area contributed by atoms with Crippen LogP contribution in [0.15, 0.2) is 40.9 Å². The van der Waals surface area contributed by atoms with Crippen molar-refractivity contribution in [3.05, 3.63) is 48.1 Å². The maximum absolute atomic E-state index is 13.2. The Morgan fingerprint density at radius 3 is 2.82 bits per heavy atom. The fraction of sp³-hybridized carbons (Fsp3) is 0.300. The van der Waals surface area contributed by atoms with E-state index in [1.54, 1.807) is 25.3 Å². The zero-order valence-electron chi connectivity index (χ0n) is 16.2. The predicted octanol–water partition coefficient (Wildman–Crippen LogP) is 3.30. The first-order valence-corrected chi connectivity index (χ1v) is 8.70. The number of rotatable bonds is 5. The Morgan fingerprint density at radius 1 is 1.36 bits per heavy atom. The van der Waals surface area contributed by atoms with Crippen molar-refractivity contribution in [2.24, 2.45) is 5.41 Å². The SMILES string of the molecule is COc1cccc2cc(C(=O)N(NCC(C)(C)C)c3ccnc(C#N)n3)oc12. The number of carbonyl (C=O) groups excluding carboxylic acids is 1. The van der Waals surface area contributed by atoms with Crippen molar-refractivity contribution in [1.29, 1.82) is 5.26 Å². The van der Waals surface area contributed by atoms with Gasteiger partial charge in [0, 0.05) is 24.2 Å². The second-order valence-electron chi connectivity index (χ2n) is 7.38. The van der Waals surface area contributed by atoms with Crippen LogP contribution in [-0.4, -0.2) is 29.5 Å². The van der Waals surface area contributed by atoms with E-state index in [2.05, 4.69) is 15.4 Å². The van der Waals surface area contributed by atoms with Crippen LogP contribution < -0.4 is 15.2 Å². The number of furan rings is 1. The van der Waals surface area contributed by atoms with Crippen molar-refractivity contribution in [3.63, 3.8) is 0 Å². The van der Waals surface area contributed by atoms with Crippen LogP contribution in [0.3, 0.4) is 0 Å². The third-order valence-electron chi connectivity index (χ3n) is 3.88. The number of nitriles is 1. The zero-order chi connectivity index (χ0) is 20.3. The fourth-order valence-corrected chi connectivity index (χ4v) is 2.51. The Morgan fingerprint density at radius 2 is 2.14 bits per heavy atom. The van der Waals surface area contributed by atoms with Crippen LogP contribution in [0.4, 0.5) is 5.82 Å². The largest absolute Gasteiger partial charge is 0.493 e. The van der Waals surface area contributed by atoms with Crippen LogP contribution in [0.1, 0.15) is 37.2 Å². The monoisotopic (exact) mass is 379 g/mol. The Bertz CT molecular complexity index is 1050. The van der Waals surface area contributed by atoms with Gasteiger partial charge in [-0.3, -0.25) is 4.79 Å². The number of amides is 1. The van der Waals surface area contributed by atoms with Gasteiger partial charge in [-0.05, 0) is 17.5 Å². The number of fused-ring (bicyclic) bond motifs is 1. The number of para-hydroxylation sites is 1. The summed E-state index contributed by atoms with van der Waals surface area (Å²) >= 11 is 0. The van der Waals surface area contributed by atoms with Gasteiger partial charge in [-0.15, -0.1) is 0 Å². The van der Waals surface area contributed by atoms with E-state index in [-0.39, 0.29) is 22.8 Å². The van der Waals surface area contributed by atoms with Gasteiger partial charge in [0.25, 0.3) is 0 Å². The Hall–Kier alpha value is -3.44. The van der Waals surface area contributed by atoms with Gasteiger partial charge in [0.05, 0.1) is 7.11 Å². The minimum Gasteiger partial charge on any atom is -0.493 e. The van der Waals surface area contributed by atoms with Crippen LogP contribution in [0.2, 0.25) is 0 Å². The molecule has 0 fully saturated rings. The molecule has 0 aliphatic rings. The molecule has 28 heavy (non-hydrogen) atoms. The van der Waals surface area contributed by atoms with Gasteiger partial charge < -0.3 is 9.15 Å². The lowest BCUT2D eigenvalue weighted by Gasteiger charge is -2.26. The lowest BCUT2D eigenvalue weighted by molar-refractivity contribution is 0.0944. The quantitative estimate of drug-likeness (QED) is 0.678. The minimum atomic E-state index is -0.440. The lowest BCUT2D eigenvalue weighted by Crippen LogP contribution is -2.47. The van der Waals surface area contributed by atoms with Gasteiger partial charge >= 0.3 is 5.91 Å². The summed E-state index contributed by atoms with van der Waals surface area (Å²) in [6.45, 7) is 6.61. The maximum Gasteiger partial charge on any atom is 0.309 e. The number of hydrazine groups is 1. The molecule has 3 rings (SSSR count). The van der Waals surface area contributed by atoms with E-state index < -0.39 is 5.91 Å². The first kappa shape index (κ1) is 19.3. The van der Waals surface area contributed by atoms with Crippen molar-refractivity contribution in [3.8, 4) is 11.8 Å². The second-order valence-corrected chi connectivity index (χ2v) is 7.38. The summed E-state index contributed by atoms with van der Waals surface area (Å²) in [4.78, 5) is 21.2. The molecule has 0 spiro atoms. The van der Waals surface area contributed by atoms with Crippen LogP contribution in [0.25, 0.3) is 11.0 Å². The highest BCUT2D eigenvalue weighted by molar-refractivity contribution is 6.05. The molecule has 3 aromatic rings. The summed E-state index contributed by atoms with van der Waals surface area (Å²) in [6, 6.07) is 10.5. The van der Waals surface area contributed by atoms with E-state index in [0.717, 1.165) is 5.39 Å². The number of anilines is 1. The van der Waals surface area contributed by atoms with Crippen LogP contribution in [0.5, 0.6) is 5.75 Å². The number of aromatic nitrogens is 2. The Balaban J connectivity index is 2.01. The van der Waals surface area contributed by atoms with Crippen molar-refractivity contribution >= 4 is 22.7 Å². The van der Waals surface area contributed by atoms with Crippen molar-refractivity contribution in [2.75, 3.05) is 18.7 Å². The third-order valence-corrected chi connectivity index (χ3v) is 3.88. The molecule has 0 atom stereocenters. The topological polar surface area (TPSA) is 104 Å². The lowest BCUT2D eigenvalue weighted by atomic mass is 9.97. The molecule has 1 amide bonds. The summed E-state index contributed by atoms with van der Waals surface area (Å²) in [5, 5.41) is 11.1. The number of methoxy groups -OCH3 is 1. The van der Waals surface area contributed by atoms with E-state index in [1.165, 1.54) is 11.2 Å². The van der Waals surface area contributed by atoms with Gasteiger partial charge in [0.15, 0.2) is 22.9 Å². The van der Waals surface area contributed by atoms with Gasteiger partial charge in [-0.1, -0.05) is 32.9 Å². The van der Waals surface area contributed by atoms with E-state index in [0.29, 0.717) is 17.9 Å². The molecule has 0 bridgehead atoms. The van der Waals surface area contributed by atoms with Gasteiger partial charge in [0.1, 0.15) is 6.07 Å². The molecule has 144 valence electrons. The number of ether oxygens (including phenoxy) is 1. The van der Waals surface area contributed by atoms with Crippen LogP contribution in [0, 0.1) is 16.7 Å². The minimum absolute atomic E-state index is 0.0286. The number of nitrogens with zero attached hydrogens (tertiary/aromatic N) is 4. The van der Waals surface area contributed by atoms with Crippen molar-refractivity contribution in [1.82, 2.24) is 15.4 Å². The average molecular weight is 379 g/mol. The molecule has 0 aliphatic carbocycles. The van der Waals surface area contributed by atoms with Crippen LogP contribution >= 0.6 is 0 Å².